The Bertz CT molecular complexity index is 246. The zero-order chi connectivity index (χ0) is 12.2. The first kappa shape index (κ1) is 13.7. The number of carbonyl (C=O) groups excluding carboxylic acids is 4. The minimum atomic E-state index is -0.831. The number of hydrogen-bond donors (Lipinski definition) is 0. The molecule has 0 aliphatic rings. The van der Waals surface area contributed by atoms with Crippen LogP contribution in [0.1, 0.15) is 34.1 Å². The van der Waals surface area contributed by atoms with E-state index >= 15 is 0 Å². The molecule has 0 fully saturated rings. The molecule has 4 heteroatoms. The van der Waals surface area contributed by atoms with Gasteiger partial charge in [-0.1, -0.05) is 0 Å². The molecule has 0 saturated heterocycles. The summed E-state index contributed by atoms with van der Waals surface area (Å²) in [6.45, 7) is 5.18. The van der Waals surface area contributed by atoms with Gasteiger partial charge in [0.05, 0.1) is 11.8 Å². The summed E-state index contributed by atoms with van der Waals surface area (Å²) < 4.78 is 0. The van der Waals surface area contributed by atoms with E-state index in [2.05, 4.69) is 0 Å². The standard InChI is InChI=1S/C11H16O4/c1-6(12)10(7(2)13)5-11(8(3)14)9(4)15/h10-11H,5H2,1-4H3. The molecule has 0 rings (SSSR count). The fourth-order valence-electron chi connectivity index (χ4n) is 1.47. The van der Waals surface area contributed by atoms with Gasteiger partial charge >= 0.3 is 0 Å². The van der Waals surface area contributed by atoms with Gasteiger partial charge in [0.25, 0.3) is 0 Å². The second-order valence-electron chi connectivity index (χ2n) is 3.78. The van der Waals surface area contributed by atoms with E-state index in [4.69, 9.17) is 0 Å². The van der Waals surface area contributed by atoms with Crippen molar-refractivity contribution in [2.75, 3.05) is 0 Å². The van der Waals surface area contributed by atoms with Crippen molar-refractivity contribution >= 4 is 23.1 Å². The Kier molecular flexibility index (Phi) is 5.05. The Morgan fingerprint density at radius 3 is 1.00 bits per heavy atom. The Morgan fingerprint density at radius 2 is 0.867 bits per heavy atom. The predicted octanol–water partition coefficient (Wildman–Crippen LogP) is 0.965. The Balaban J connectivity index is 4.77. The first-order chi connectivity index (χ1) is 6.77. The van der Waals surface area contributed by atoms with E-state index in [-0.39, 0.29) is 29.6 Å². The van der Waals surface area contributed by atoms with Gasteiger partial charge in [-0.15, -0.1) is 0 Å². The molecule has 0 bridgehead atoms. The summed E-state index contributed by atoms with van der Waals surface area (Å²) in [5.74, 6) is -2.85. The predicted molar refractivity (Wildman–Crippen MR) is 54.3 cm³/mol. The maximum absolute atomic E-state index is 11.1. The van der Waals surface area contributed by atoms with Gasteiger partial charge < -0.3 is 0 Å². The van der Waals surface area contributed by atoms with E-state index < -0.39 is 11.8 Å². The number of carbonyl (C=O) groups is 4. The van der Waals surface area contributed by atoms with Crippen LogP contribution < -0.4 is 0 Å². The average molecular weight is 212 g/mol. The van der Waals surface area contributed by atoms with Crippen LogP contribution in [0.15, 0.2) is 0 Å². The van der Waals surface area contributed by atoms with E-state index in [9.17, 15) is 19.2 Å². The van der Waals surface area contributed by atoms with Gasteiger partial charge in [0, 0.05) is 0 Å². The van der Waals surface area contributed by atoms with Crippen LogP contribution in [0.25, 0.3) is 0 Å². The molecule has 0 amide bonds. The van der Waals surface area contributed by atoms with Crippen molar-refractivity contribution in [3.63, 3.8) is 0 Å². The van der Waals surface area contributed by atoms with Crippen LogP contribution in [0.5, 0.6) is 0 Å². The molecule has 0 aromatic carbocycles. The number of rotatable bonds is 6. The van der Waals surface area contributed by atoms with Crippen LogP contribution in [0.3, 0.4) is 0 Å². The van der Waals surface area contributed by atoms with Crippen LogP contribution >= 0.6 is 0 Å². The van der Waals surface area contributed by atoms with Crippen molar-refractivity contribution in [3.05, 3.63) is 0 Å². The van der Waals surface area contributed by atoms with Crippen LogP contribution in [-0.4, -0.2) is 23.1 Å². The molecule has 0 aliphatic carbocycles. The third kappa shape index (κ3) is 4.14. The van der Waals surface area contributed by atoms with E-state index in [0.717, 1.165) is 0 Å². The molecular weight excluding hydrogens is 196 g/mol. The van der Waals surface area contributed by atoms with Crippen LogP contribution in [0.4, 0.5) is 0 Å². The highest BCUT2D eigenvalue weighted by Crippen LogP contribution is 2.16. The topological polar surface area (TPSA) is 68.3 Å². The summed E-state index contributed by atoms with van der Waals surface area (Å²) in [5, 5.41) is 0. The van der Waals surface area contributed by atoms with Gasteiger partial charge in [-0.2, -0.15) is 0 Å². The zero-order valence-corrected chi connectivity index (χ0v) is 9.49. The minimum absolute atomic E-state index is 0.00926. The molecule has 15 heavy (non-hydrogen) atoms. The largest absolute Gasteiger partial charge is 0.299 e. The highest BCUT2D eigenvalue weighted by molar-refractivity contribution is 6.04. The number of Topliss-reactive ketones (excluding diaryl/α,β-unsaturated/α-hetero) is 4. The molecule has 0 spiro atoms. The van der Waals surface area contributed by atoms with Gasteiger partial charge in [-0.05, 0) is 34.1 Å². The van der Waals surface area contributed by atoms with Gasteiger partial charge in [0.15, 0.2) is 0 Å². The summed E-state index contributed by atoms with van der Waals surface area (Å²) in [5.41, 5.74) is 0. The minimum Gasteiger partial charge on any atom is -0.299 e. The summed E-state index contributed by atoms with van der Waals surface area (Å²) in [7, 11) is 0. The van der Waals surface area contributed by atoms with Crippen molar-refractivity contribution in [1.29, 1.82) is 0 Å². The van der Waals surface area contributed by atoms with Crippen LogP contribution in [-0.2, 0) is 19.2 Å². The van der Waals surface area contributed by atoms with Crippen molar-refractivity contribution < 1.29 is 19.2 Å². The van der Waals surface area contributed by atoms with E-state index in [1.165, 1.54) is 27.7 Å². The second-order valence-corrected chi connectivity index (χ2v) is 3.78. The molecule has 0 unspecified atom stereocenters. The lowest BCUT2D eigenvalue weighted by atomic mass is 9.85. The lowest BCUT2D eigenvalue weighted by Crippen LogP contribution is -2.29. The first-order valence-corrected chi connectivity index (χ1v) is 4.79. The van der Waals surface area contributed by atoms with Crippen LogP contribution in [0, 0.1) is 11.8 Å². The summed E-state index contributed by atoms with van der Waals surface area (Å²) in [6, 6.07) is 0. The Morgan fingerprint density at radius 1 is 0.667 bits per heavy atom. The molecule has 0 aromatic heterocycles. The maximum atomic E-state index is 11.1. The van der Waals surface area contributed by atoms with Crippen molar-refractivity contribution in [1.82, 2.24) is 0 Å². The Hall–Kier alpha value is -1.32. The molecule has 0 heterocycles. The molecule has 84 valence electrons. The van der Waals surface area contributed by atoms with Crippen molar-refractivity contribution in [3.8, 4) is 0 Å². The zero-order valence-electron chi connectivity index (χ0n) is 9.49. The lowest BCUT2D eigenvalue weighted by Gasteiger charge is -2.15. The summed E-state index contributed by atoms with van der Waals surface area (Å²) in [4.78, 5) is 44.5. The van der Waals surface area contributed by atoms with Crippen LogP contribution in [0.2, 0.25) is 0 Å². The number of hydrogen-bond acceptors (Lipinski definition) is 4. The van der Waals surface area contributed by atoms with Gasteiger partial charge in [0.2, 0.25) is 0 Å². The quantitative estimate of drug-likeness (QED) is 0.615. The summed E-state index contributed by atoms with van der Waals surface area (Å²) in [6.07, 6.45) is 0.00926. The molecule has 4 nitrogen and oxygen atoms in total. The lowest BCUT2D eigenvalue weighted by molar-refractivity contribution is -0.134. The van der Waals surface area contributed by atoms with Crippen molar-refractivity contribution in [2.45, 2.75) is 34.1 Å². The van der Waals surface area contributed by atoms with Gasteiger partial charge in [-0.25, -0.2) is 0 Å². The molecular formula is C11H16O4. The first-order valence-electron chi connectivity index (χ1n) is 4.79. The smallest absolute Gasteiger partial charge is 0.140 e. The second kappa shape index (κ2) is 5.53. The SMILES string of the molecule is CC(=O)C(CC(C(C)=O)C(C)=O)C(C)=O. The highest BCUT2D eigenvalue weighted by Gasteiger charge is 2.28. The third-order valence-electron chi connectivity index (χ3n) is 2.43. The molecule has 0 radical (unpaired) electrons. The fourth-order valence-corrected chi connectivity index (χ4v) is 1.47. The van der Waals surface area contributed by atoms with E-state index in [1.807, 2.05) is 0 Å². The van der Waals surface area contributed by atoms with E-state index in [1.54, 1.807) is 0 Å². The number of ketones is 4. The maximum Gasteiger partial charge on any atom is 0.140 e. The normalized spacial score (nSPS) is 10.5. The fraction of sp³-hybridized carbons (Fsp3) is 0.636. The molecule has 0 atom stereocenters. The molecule has 0 N–H and O–H groups in total. The molecule has 0 saturated carbocycles. The average Bonchev–Trinajstić information content (AvgIpc) is 2.01. The van der Waals surface area contributed by atoms with E-state index in [0.29, 0.717) is 0 Å². The Labute approximate surface area is 89.0 Å². The van der Waals surface area contributed by atoms with Gasteiger partial charge in [-0.3, -0.25) is 19.2 Å². The molecule has 0 aromatic rings. The molecule has 0 aliphatic heterocycles. The third-order valence-corrected chi connectivity index (χ3v) is 2.43. The summed E-state index contributed by atoms with van der Waals surface area (Å²) >= 11 is 0. The van der Waals surface area contributed by atoms with Crippen molar-refractivity contribution in [2.24, 2.45) is 11.8 Å². The van der Waals surface area contributed by atoms with Gasteiger partial charge in [0.1, 0.15) is 23.1 Å². The monoisotopic (exact) mass is 212 g/mol. The highest BCUT2D eigenvalue weighted by atomic mass is 16.2.